The third-order valence-corrected chi connectivity index (χ3v) is 4.69. The van der Waals surface area contributed by atoms with Crippen LogP contribution in [0.1, 0.15) is 24.8 Å². The highest BCUT2D eigenvalue weighted by Gasteiger charge is 2.39. The van der Waals surface area contributed by atoms with Crippen molar-refractivity contribution in [3.05, 3.63) is 33.8 Å². The smallest absolute Gasteiger partial charge is 0.234 e. The molecule has 1 aromatic carbocycles. The van der Waals surface area contributed by atoms with Gasteiger partial charge in [0.1, 0.15) is 0 Å². The molecule has 2 amide bonds. The first kappa shape index (κ1) is 16.3. The average molecular weight is 329 g/mol. The lowest BCUT2D eigenvalue weighted by molar-refractivity contribution is -0.139. The Morgan fingerprint density at radius 2 is 1.90 bits per heavy atom. The third-order valence-electron chi connectivity index (χ3n) is 4.12. The molecule has 0 spiro atoms. The van der Waals surface area contributed by atoms with E-state index in [-0.39, 0.29) is 23.8 Å². The topological polar surface area (TPSA) is 49.4 Å². The molecule has 0 bridgehead atoms. The average Bonchev–Trinajstić information content (AvgIpc) is 2.39. The largest absolute Gasteiger partial charge is 0.306 e. The van der Waals surface area contributed by atoms with Crippen molar-refractivity contribution in [2.75, 3.05) is 14.1 Å². The van der Waals surface area contributed by atoms with E-state index >= 15 is 0 Å². The van der Waals surface area contributed by atoms with Crippen LogP contribution in [-0.2, 0) is 9.59 Å². The van der Waals surface area contributed by atoms with Crippen molar-refractivity contribution in [1.82, 2.24) is 10.2 Å². The number of piperidine rings is 1. The highest BCUT2D eigenvalue weighted by molar-refractivity contribution is 6.35. The second-order valence-electron chi connectivity index (χ2n) is 5.62. The molecular weight excluding hydrogens is 311 g/mol. The molecule has 2 rings (SSSR count). The van der Waals surface area contributed by atoms with E-state index < -0.39 is 5.92 Å². The molecule has 0 saturated carbocycles. The first-order valence-corrected chi connectivity index (χ1v) is 7.53. The van der Waals surface area contributed by atoms with Crippen molar-refractivity contribution in [3.63, 3.8) is 0 Å². The maximum absolute atomic E-state index is 12.1. The van der Waals surface area contributed by atoms with Crippen molar-refractivity contribution < 1.29 is 9.59 Å². The highest BCUT2D eigenvalue weighted by atomic mass is 35.5. The molecule has 1 aliphatic rings. The van der Waals surface area contributed by atoms with Crippen LogP contribution in [-0.4, -0.2) is 36.9 Å². The van der Waals surface area contributed by atoms with Crippen LogP contribution in [0.25, 0.3) is 0 Å². The lowest BCUT2D eigenvalue weighted by Gasteiger charge is -2.34. The summed E-state index contributed by atoms with van der Waals surface area (Å²) in [4.78, 5) is 26.2. The lowest BCUT2D eigenvalue weighted by Crippen LogP contribution is -2.51. The first-order chi connectivity index (χ1) is 9.81. The number of nitrogens with zero attached hydrogens (tertiary/aromatic N) is 1. The zero-order valence-corrected chi connectivity index (χ0v) is 13.7. The molecule has 1 N–H and O–H groups in total. The molecule has 3 atom stereocenters. The number of hydrogen-bond acceptors (Lipinski definition) is 3. The van der Waals surface area contributed by atoms with E-state index in [2.05, 4.69) is 5.32 Å². The number of hydrogen-bond donors (Lipinski definition) is 1. The monoisotopic (exact) mass is 328 g/mol. The zero-order valence-electron chi connectivity index (χ0n) is 12.2. The summed E-state index contributed by atoms with van der Waals surface area (Å²) in [5.74, 6) is -1.21. The molecule has 4 nitrogen and oxygen atoms in total. The van der Waals surface area contributed by atoms with Gasteiger partial charge < -0.3 is 4.90 Å². The second kappa shape index (κ2) is 6.34. The molecule has 1 heterocycles. The molecule has 21 heavy (non-hydrogen) atoms. The number of carbonyl (C=O) groups is 2. The van der Waals surface area contributed by atoms with Gasteiger partial charge in [0.05, 0.1) is 11.8 Å². The van der Waals surface area contributed by atoms with Crippen LogP contribution in [0.2, 0.25) is 10.0 Å². The molecule has 6 heteroatoms. The Kier molecular flexibility index (Phi) is 4.91. The summed E-state index contributed by atoms with van der Waals surface area (Å²) in [5.41, 5.74) is 0.710. The number of nitrogens with one attached hydrogen (secondary N) is 1. The van der Waals surface area contributed by atoms with E-state index in [1.807, 2.05) is 25.9 Å². The van der Waals surface area contributed by atoms with Gasteiger partial charge in [-0.25, -0.2) is 0 Å². The number of halogens is 2. The molecular formula is C15H18Cl2N2O2. The molecule has 1 aromatic rings. The van der Waals surface area contributed by atoms with Gasteiger partial charge in [0.25, 0.3) is 0 Å². The maximum Gasteiger partial charge on any atom is 0.234 e. The van der Waals surface area contributed by atoms with Crippen molar-refractivity contribution in [3.8, 4) is 0 Å². The summed E-state index contributed by atoms with van der Waals surface area (Å²) in [6.07, 6.45) is 0.450. The quantitative estimate of drug-likeness (QED) is 0.868. The van der Waals surface area contributed by atoms with Gasteiger partial charge >= 0.3 is 0 Å². The van der Waals surface area contributed by atoms with Gasteiger partial charge in [-0.15, -0.1) is 0 Å². The van der Waals surface area contributed by atoms with Crippen LogP contribution < -0.4 is 5.32 Å². The number of benzene rings is 1. The normalized spacial score (nSPS) is 24.1. The number of amides is 2. The summed E-state index contributed by atoms with van der Waals surface area (Å²) in [6.45, 7) is 1.97. The summed E-state index contributed by atoms with van der Waals surface area (Å²) in [6, 6.07) is 5.11. The molecule has 1 aliphatic heterocycles. The molecule has 0 aromatic heterocycles. The van der Waals surface area contributed by atoms with Gasteiger partial charge in [-0.3, -0.25) is 14.9 Å². The Labute approximate surface area is 134 Å². The molecule has 0 radical (unpaired) electrons. The van der Waals surface area contributed by atoms with E-state index in [9.17, 15) is 9.59 Å². The summed E-state index contributed by atoms with van der Waals surface area (Å²) >= 11 is 12.1. The SMILES string of the molecule is CC(C1CC(c2ccc(Cl)cc2Cl)C(=O)NC1=O)N(C)C. The van der Waals surface area contributed by atoms with Crippen LogP contribution >= 0.6 is 23.2 Å². The van der Waals surface area contributed by atoms with Crippen LogP contribution in [0, 0.1) is 5.92 Å². The summed E-state index contributed by atoms with van der Waals surface area (Å²) < 4.78 is 0. The Hall–Kier alpha value is -1.10. The standard InChI is InChI=1S/C15H18Cl2N2O2/c1-8(19(2)3)11-7-12(15(21)18-14(11)20)10-5-4-9(16)6-13(10)17/h4-6,8,11-12H,7H2,1-3H3,(H,18,20,21). The van der Waals surface area contributed by atoms with Gasteiger partial charge in [0.2, 0.25) is 11.8 Å². The van der Waals surface area contributed by atoms with Gasteiger partial charge in [-0.05, 0) is 45.1 Å². The van der Waals surface area contributed by atoms with Crippen molar-refractivity contribution in [1.29, 1.82) is 0 Å². The van der Waals surface area contributed by atoms with Crippen LogP contribution in [0.15, 0.2) is 18.2 Å². The van der Waals surface area contributed by atoms with Gasteiger partial charge in [-0.2, -0.15) is 0 Å². The second-order valence-corrected chi connectivity index (χ2v) is 6.46. The number of carbonyl (C=O) groups excluding carboxylic acids is 2. The summed E-state index contributed by atoms with van der Waals surface area (Å²) in [7, 11) is 3.83. The lowest BCUT2D eigenvalue weighted by atomic mass is 9.81. The molecule has 1 saturated heterocycles. The predicted octanol–water partition coefficient (Wildman–Crippen LogP) is 2.69. The molecule has 1 fully saturated rings. The summed E-state index contributed by atoms with van der Waals surface area (Å²) in [5, 5.41) is 3.43. The van der Waals surface area contributed by atoms with Crippen LogP contribution in [0.4, 0.5) is 0 Å². The fourth-order valence-electron chi connectivity index (χ4n) is 2.60. The molecule has 114 valence electrons. The van der Waals surface area contributed by atoms with Crippen molar-refractivity contribution >= 4 is 35.0 Å². The van der Waals surface area contributed by atoms with Crippen molar-refractivity contribution in [2.24, 2.45) is 5.92 Å². The molecule has 3 unspecified atom stereocenters. The fraction of sp³-hybridized carbons (Fsp3) is 0.467. The minimum Gasteiger partial charge on any atom is -0.306 e. The van der Waals surface area contributed by atoms with Gasteiger partial charge in [-0.1, -0.05) is 29.3 Å². The maximum atomic E-state index is 12.1. The minimum atomic E-state index is -0.431. The van der Waals surface area contributed by atoms with E-state index in [0.29, 0.717) is 22.0 Å². The van der Waals surface area contributed by atoms with Crippen LogP contribution in [0.5, 0.6) is 0 Å². The Morgan fingerprint density at radius 1 is 1.24 bits per heavy atom. The van der Waals surface area contributed by atoms with Gasteiger partial charge in [0, 0.05) is 16.1 Å². The Morgan fingerprint density at radius 3 is 2.48 bits per heavy atom. The Balaban J connectivity index is 2.31. The molecule has 0 aliphatic carbocycles. The van der Waals surface area contributed by atoms with E-state index in [1.54, 1.807) is 18.2 Å². The minimum absolute atomic E-state index is 0.0340. The Bertz CT molecular complexity index is 575. The first-order valence-electron chi connectivity index (χ1n) is 6.77. The van der Waals surface area contributed by atoms with E-state index in [1.165, 1.54) is 0 Å². The van der Waals surface area contributed by atoms with Crippen LogP contribution in [0.3, 0.4) is 0 Å². The van der Waals surface area contributed by atoms with Crippen molar-refractivity contribution in [2.45, 2.75) is 25.3 Å². The highest BCUT2D eigenvalue weighted by Crippen LogP contribution is 2.35. The van der Waals surface area contributed by atoms with E-state index in [4.69, 9.17) is 23.2 Å². The predicted molar refractivity (Wildman–Crippen MR) is 83.6 cm³/mol. The zero-order chi connectivity index (χ0) is 15.7. The fourth-order valence-corrected chi connectivity index (χ4v) is 3.14. The number of imide groups is 1. The number of rotatable bonds is 3. The van der Waals surface area contributed by atoms with Gasteiger partial charge in [0.15, 0.2) is 0 Å². The third kappa shape index (κ3) is 3.39. The van der Waals surface area contributed by atoms with E-state index in [0.717, 1.165) is 0 Å².